The fourth-order valence-corrected chi connectivity index (χ4v) is 3.64. The Bertz CT molecular complexity index is 897. The van der Waals surface area contributed by atoms with Gasteiger partial charge in [-0.1, -0.05) is 24.3 Å². The zero-order valence-electron chi connectivity index (χ0n) is 16.4. The van der Waals surface area contributed by atoms with E-state index >= 15 is 0 Å². The van der Waals surface area contributed by atoms with E-state index in [1.165, 1.54) is 4.90 Å². The summed E-state index contributed by atoms with van der Waals surface area (Å²) in [6.45, 7) is 5.27. The monoisotopic (exact) mass is 413 g/mol. The third-order valence-electron chi connectivity index (χ3n) is 4.07. The number of benzene rings is 2. The summed E-state index contributed by atoms with van der Waals surface area (Å²) < 4.78 is 16.8. The molecule has 0 unspecified atom stereocenters. The van der Waals surface area contributed by atoms with Gasteiger partial charge in [0.1, 0.15) is 12.4 Å². The van der Waals surface area contributed by atoms with E-state index < -0.39 is 0 Å². The Labute approximate surface area is 174 Å². The van der Waals surface area contributed by atoms with Crippen molar-refractivity contribution < 1.29 is 23.8 Å². The molecular weight excluding hydrogens is 390 g/mol. The highest BCUT2D eigenvalue weighted by molar-refractivity contribution is 8.18. The van der Waals surface area contributed by atoms with Gasteiger partial charge in [-0.3, -0.25) is 14.5 Å². The number of nitrogens with zero attached hydrogens (tertiary/aromatic N) is 1. The number of rotatable bonds is 9. The van der Waals surface area contributed by atoms with Gasteiger partial charge in [0.2, 0.25) is 0 Å². The lowest BCUT2D eigenvalue weighted by Gasteiger charge is -2.13. The number of ether oxygens (including phenoxy) is 3. The Morgan fingerprint density at radius 2 is 1.66 bits per heavy atom. The first-order valence-corrected chi connectivity index (χ1v) is 10.3. The van der Waals surface area contributed by atoms with Crippen molar-refractivity contribution in [3.8, 4) is 17.2 Å². The van der Waals surface area contributed by atoms with Crippen LogP contribution in [0.15, 0.2) is 53.4 Å². The van der Waals surface area contributed by atoms with Gasteiger partial charge in [0, 0.05) is 0 Å². The van der Waals surface area contributed by atoms with Gasteiger partial charge < -0.3 is 14.2 Å². The van der Waals surface area contributed by atoms with Crippen molar-refractivity contribution in [2.24, 2.45) is 0 Å². The summed E-state index contributed by atoms with van der Waals surface area (Å²) >= 11 is 0.927. The van der Waals surface area contributed by atoms with Crippen molar-refractivity contribution in [2.75, 3.05) is 26.4 Å². The number of para-hydroxylation sites is 1. The minimum Gasteiger partial charge on any atom is -0.492 e. The van der Waals surface area contributed by atoms with E-state index in [1.807, 2.05) is 50.2 Å². The molecule has 0 aliphatic carbocycles. The topological polar surface area (TPSA) is 65.1 Å². The Kier molecular flexibility index (Phi) is 7.19. The fourth-order valence-electron chi connectivity index (χ4n) is 2.77. The van der Waals surface area contributed by atoms with Crippen molar-refractivity contribution in [1.82, 2.24) is 4.90 Å². The second kappa shape index (κ2) is 10.0. The summed E-state index contributed by atoms with van der Waals surface area (Å²) in [5, 5.41) is -0.297. The Balaban J connectivity index is 1.68. The predicted molar refractivity (Wildman–Crippen MR) is 113 cm³/mol. The van der Waals surface area contributed by atoms with E-state index in [2.05, 4.69) is 0 Å². The molecule has 2 aromatic rings. The van der Waals surface area contributed by atoms with Crippen molar-refractivity contribution in [3.63, 3.8) is 0 Å². The van der Waals surface area contributed by atoms with Gasteiger partial charge in [-0.25, -0.2) is 0 Å². The number of imide groups is 1. The van der Waals surface area contributed by atoms with E-state index in [0.717, 1.165) is 17.3 Å². The lowest BCUT2D eigenvalue weighted by molar-refractivity contribution is -0.123. The first-order chi connectivity index (χ1) is 14.1. The summed E-state index contributed by atoms with van der Waals surface area (Å²) in [4.78, 5) is 26.5. The molecule has 29 heavy (non-hydrogen) atoms. The van der Waals surface area contributed by atoms with Crippen LogP contribution in [0.2, 0.25) is 0 Å². The molecule has 1 saturated heterocycles. The van der Waals surface area contributed by atoms with E-state index in [0.29, 0.717) is 35.4 Å². The number of hydrogen-bond acceptors (Lipinski definition) is 6. The Morgan fingerprint density at radius 3 is 2.38 bits per heavy atom. The van der Waals surface area contributed by atoms with Crippen molar-refractivity contribution in [1.29, 1.82) is 0 Å². The van der Waals surface area contributed by atoms with Crippen LogP contribution in [-0.4, -0.2) is 42.4 Å². The van der Waals surface area contributed by atoms with Crippen molar-refractivity contribution in [2.45, 2.75) is 13.8 Å². The van der Waals surface area contributed by atoms with Gasteiger partial charge in [0.25, 0.3) is 11.1 Å². The van der Waals surface area contributed by atoms with Gasteiger partial charge in [0.05, 0.1) is 24.7 Å². The van der Waals surface area contributed by atoms with Gasteiger partial charge in [-0.2, -0.15) is 0 Å². The third-order valence-corrected chi connectivity index (χ3v) is 4.97. The number of hydrogen-bond donors (Lipinski definition) is 0. The first kappa shape index (κ1) is 20.8. The Morgan fingerprint density at radius 1 is 0.931 bits per heavy atom. The minimum absolute atomic E-state index is 0.199. The molecule has 1 aliphatic heterocycles. The lowest BCUT2D eigenvalue weighted by Crippen LogP contribution is -2.32. The summed E-state index contributed by atoms with van der Waals surface area (Å²) in [5.41, 5.74) is 0.767. The second-order valence-corrected chi connectivity index (χ2v) is 7.06. The van der Waals surface area contributed by atoms with Gasteiger partial charge in [0.15, 0.2) is 11.5 Å². The normalized spacial score (nSPS) is 15.1. The molecule has 6 nitrogen and oxygen atoms in total. The summed E-state index contributed by atoms with van der Waals surface area (Å²) in [7, 11) is 0. The van der Waals surface area contributed by atoms with Crippen LogP contribution in [-0.2, 0) is 4.79 Å². The Hall–Kier alpha value is -2.93. The van der Waals surface area contributed by atoms with Crippen LogP contribution in [0, 0.1) is 0 Å². The number of amides is 2. The van der Waals surface area contributed by atoms with Crippen LogP contribution >= 0.6 is 11.8 Å². The smallest absolute Gasteiger partial charge is 0.293 e. The second-order valence-electron chi connectivity index (χ2n) is 6.07. The maximum absolute atomic E-state index is 12.6. The average Bonchev–Trinajstić information content (AvgIpc) is 2.98. The maximum Gasteiger partial charge on any atom is 0.293 e. The molecule has 0 spiro atoms. The molecule has 2 amide bonds. The maximum atomic E-state index is 12.6. The molecular formula is C22H23NO5S. The zero-order chi connectivity index (χ0) is 20.6. The van der Waals surface area contributed by atoms with Crippen LogP contribution in [0.4, 0.5) is 4.79 Å². The van der Waals surface area contributed by atoms with Gasteiger partial charge in [-0.05, 0) is 61.5 Å². The van der Waals surface area contributed by atoms with Crippen LogP contribution in [0.5, 0.6) is 17.2 Å². The van der Waals surface area contributed by atoms with Crippen molar-refractivity contribution >= 4 is 29.0 Å². The van der Waals surface area contributed by atoms with Crippen LogP contribution in [0.3, 0.4) is 0 Å². The summed E-state index contributed by atoms with van der Waals surface area (Å²) in [6.07, 6.45) is 1.70. The molecule has 0 atom stereocenters. The largest absolute Gasteiger partial charge is 0.492 e. The van der Waals surface area contributed by atoms with E-state index in [4.69, 9.17) is 14.2 Å². The highest BCUT2D eigenvalue weighted by atomic mass is 32.2. The summed E-state index contributed by atoms with van der Waals surface area (Å²) in [6, 6.07) is 14.7. The van der Waals surface area contributed by atoms with Crippen LogP contribution < -0.4 is 14.2 Å². The highest BCUT2D eigenvalue weighted by Gasteiger charge is 2.34. The molecule has 0 aromatic heterocycles. The van der Waals surface area contributed by atoms with E-state index in [1.54, 1.807) is 18.2 Å². The lowest BCUT2D eigenvalue weighted by atomic mass is 10.2. The molecule has 152 valence electrons. The molecule has 1 aliphatic rings. The predicted octanol–water partition coefficient (Wildman–Crippen LogP) is 4.60. The quantitative estimate of drug-likeness (QED) is 0.560. The number of carbonyl (C=O) groups is 2. The molecule has 7 heteroatoms. The van der Waals surface area contributed by atoms with Crippen molar-refractivity contribution in [3.05, 3.63) is 59.0 Å². The molecule has 0 bridgehead atoms. The SMILES string of the molecule is CCOc1ccc(/C=C2\SC(=O)N(CCOc3ccccc3)C2=O)cc1OCC. The molecule has 3 rings (SSSR count). The zero-order valence-corrected chi connectivity index (χ0v) is 17.2. The van der Waals surface area contributed by atoms with Gasteiger partial charge in [-0.15, -0.1) is 0 Å². The standard InChI is InChI=1S/C22H23NO5S/c1-3-26-18-11-10-16(14-19(18)27-4-2)15-20-21(24)23(22(25)29-20)12-13-28-17-8-6-5-7-9-17/h5-11,14-15H,3-4,12-13H2,1-2H3/b20-15-. The van der Waals surface area contributed by atoms with E-state index in [9.17, 15) is 9.59 Å². The van der Waals surface area contributed by atoms with Crippen LogP contribution in [0.1, 0.15) is 19.4 Å². The van der Waals surface area contributed by atoms with Gasteiger partial charge >= 0.3 is 0 Å². The molecule has 0 N–H and O–H groups in total. The fraction of sp³-hybridized carbons (Fsp3) is 0.273. The number of carbonyl (C=O) groups excluding carboxylic acids is 2. The first-order valence-electron chi connectivity index (χ1n) is 9.45. The molecule has 1 fully saturated rings. The van der Waals surface area contributed by atoms with E-state index in [-0.39, 0.29) is 24.3 Å². The molecule has 1 heterocycles. The molecule has 0 radical (unpaired) electrons. The molecule has 0 saturated carbocycles. The summed E-state index contributed by atoms with van der Waals surface area (Å²) in [5.74, 6) is 1.65. The minimum atomic E-state index is -0.316. The number of thioether (sulfide) groups is 1. The van der Waals surface area contributed by atoms with Crippen LogP contribution in [0.25, 0.3) is 6.08 Å². The third kappa shape index (κ3) is 5.32. The average molecular weight is 413 g/mol. The highest BCUT2D eigenvalue weighted by Crippen LogP contribution is 2.34. The molecule has 2 aromatic carbocycles.